The molecule has 2 N–H and O–H groups in total. The smallest absolute Gasteiger partial charge is 0.417 e. The Labute approximate surface area is 234 Å². The molecule has 1 amide bonds. The van der Waals surface area contributed by atoms with Crippen LogP contribution in [-0.2, 0) is 6.54 Å². The van der Waals surface area contributed by atoms with E-state index in [1.165, 1.54) is 29.0 Å². The minimum Gasteiger partial charge on any atom is -0.453 e. The van der Waals surface area contributed by atoms with E-state index in [0.717, 1.165) is 53.5 Å². The fourth-order valence-corrected chi connectivity index (χ4v) is 5.47. The van der Waals surface area contributed by atoms with Crippen molar-refractivity contribution in [1.29, 1.82) is 0 Å². The fourth-order valence-electron chi connectivity index (χ4n) is 4.43. The van der Waals surface area contributed by atoms with Crippen LogP contribution in [0.3, 0.4) is 0 Å². The Kier molecular flexibility index (Phi) is 7.62. The average Bonchev–Trinajstić information content (AvgIpc) is 3.41. The predicted molar refractivity (Wildman–Crippen MR) is 154 cm³/mol. The summed E-state index contributed by atoms with van der Waals surface area (Å²) in [7, 11) is 0. The van der Waals surface area contributed by atoms with Gasteiger partial charge in [0.15, 0.2) is 11.6 Å². The van der Waals surface area contributed by atoms with Crippen molar-refractivity contribution in [2.75, 3.05) is 31.5 Å². The number of rotatable bonds is 7. The van der Waals surface area contributed by atoms with Gasteiger partial charge in [-0.25, -0.2) is 9.18 Å². The quantitative estimate of drug-likeness (QED) is 0.243. The number of amides is 1. The molecular formula is C30H26FN5O3S. The molecule has 1 aliphatic rings. The van der Waals surface area contributed by atoms with Crippen LogP contribution in [0.4, 0.5) is 14.9 Å². The number of carbonyl (C=O) groups excluding carboxylic acids is 1. The Morgan fingerprint density at radius 3 is 2.62 bits per heavy atom. The molecular weight excluding hydrogens is 529 g/mol. The minimum atomic E-state index is -0.716. The summed E-state index contributed by atoms with van der Waals surface area (Å²) in [6, 6.07) is 20.6. The number of fused-ring (bicyclic) bond motifs is 1. The topological polar surface area (TPSA) is 88.6 Å². The third-order valence-corrected chi connectivity index (χ3v) is 7.58. The minimum absolute atomic E-state index is 0.0276. The third kappa shape index (κ3) is 6.09. The molecule has 1 saturated heterocycles. The van der Waals surface area contributed by atoms with Crippen molar-refractivity contribution in [3.8, 4) is 27.8 Å². The maximum absolute atomic E-state index is 14.9. The molecule has 202 valence electrons. The first-order valence-corrected chi connectivity index (χ1v) is 13.7. The van der Waals surface area contributed by atoms with Gasteiger partial charge in [0, 0.05) is 62.9 Å². The second-order valence-corrected chi connectivity index (χ2v) is 10.3. The number of anilines is 1. The monoisotopic (exact) mass is 555 g/mol. The van der Waals surface area contributed by atoms with Crippen molar-refractivity contribution in [3.63, 3.8) is 0 Å². The summed E-state index contributed by atoms with van der Waals surface area (Å²) in [5.74, 6) is 0.277. The molecule has 1 aliphatic heterocycles. The molecule has 8 nitrogen and oxygen atoms in total. The van der Waals surface area contributed by atoms with Gasteiger partial charge < -0.3 is 14.8 Å². The van der Waals surface area contributed by atoms with Gasteiger partial charge in [0.05, 0.1) is 20.8 Å². The van der Waals surface area contributed by atoms with E-state index in [4.69, 9.17) is 14.5 Å². The van der Waals surface area contributed by atoms with E-state index in [9.17, 15) is 9.18 Å². The molecule has 1 fully saturated rings. The van der Waals surface area contributed by atoms with Gasteiger partial charge in [-0.2, -0.15) is 0 Å². The van der Waals surface area contributed by atoms with E-state index in [0.29, 0.717) is 11.5 Å². The van der Waals surface area contributed by atoms with Gasteiger partial charge in [0.2, 0.25) is 0 Å². The summed E-state index contributed by atoms with van der Waals surface area (Å²) in [5, 5.41) is 5.89. The fraction of sp³-hybridized carbons (Fsp3) is 0.167. The van der Waals surface area contributed by atoms with E-state index >= 15 is 0 Å². The standard InChI is InChI=1S/C30H26FN5O3S/c31-23-16-21(35-30(37)38-22-4-2-1-3-5-22)7-9-26(23)39-27-10-11-33-25-17-28(40-29(25)27)24-8-6-20(18-34-24)19-36-14-12-32-13-15-36/h1-11,16-18,32H,12-15,19H2,(H,35,37). The van der Waals surface area contributed by atoms with E-state index in [2.05, 4.69) is 26.6 Å². The Morgan fingerprint density at radius 1 is 1.00 bits per heavy atom. The molecule has 0 unspecified atom stereocenters. The first-order valence-electron chi connectivity index (χ1n) is 12.9. The summed E-state index contributed by atoms with van der Waals surface area (Å²) < 4.78 is 26.9. The van der Waals surface area contributed by atoms with Crippen LogP contribution in [-0.4, -0.2) is 47.1 Å². The number of thiophene rings is 1. The molecule has 2 aromatic carbocycles. The van der Waals surface area contributed by atoms with Gasteiger partial charge >= 0.3 is 6.09 Å². The van der Waals surface area contributed by atoms with Gasteiger partial charge in [0.1, 0.15) is 11.5 Å². The second-order valence-electron chi connectivity index (χ2n) is 9.29. The number of benzene rings is 2. The van der Waals surface area contributed by atoms with Gasteiger partial charge in [-0.15, -0.1) is 11.3 Å². The maximum atomic E-state index is 14.9. The van der Waals surface area contributed by atoms with Crippen molar-refractivity contribution in [2.24, 2.45) is 0 Å². The molecule has 0 spiro atoms. The molecule has 40 heavy (non-hydrogen) atoms. The van der Waals surface area contributed by atoms with Crippen molar-refractivity contribution >= 4 is 33.3 Å². The first kappa shape index (κ1) is 25.9. The molecule has 5 aromatic rings. The zero-order valence-corrected chi connectivity index (χ0v) is 22.3. The molecule has 0 bridgehead atoms. The number of carbonyl (C=O) groups is 1. The maximum Gasteiger partial charge on any atom is 0.417 e. The number of ether oxygens (including phenoxy) is 2. The highest BCUT2D eigenvalue weighted by Crippen LogP contribution is 2.39. The number of hydrogen-bond acceptors (Lipinski definition) is 8. The van der Waals surface area contributed by atoms with E-state index in [1.807, 2.05) is 24.4 Å². The SMILES string of the molecule is O=C(Nc1ccc(Oc2ccnc3cc(-c4ccc(CN5CCNCC5)cn4)sc23)c(F)c1)Oc1ccccc1. The summed E-state index contributed by atoms with van der Waals surface area (Å²) in [6.45, 7) is 4.98. The number of para-hydroxylation sites is 1. The third-order valence-electron chi connectivity index (χ3n) is 6.42. The van der Waals surface area contributed by atoms with Crippen LogP contribution in [0.2, 0.25) is 0 Å². The second kappa shape index (κ2) is 11.8. The number of pyridine rings is 2. The first-order chi connectivity index (χ1) is 19.6. The Hall–Kier alpha value is -4.38. The lowest BCUT2D eigenvalue weighted by molar-refractivity contribution is 0.215. The summed E-state index contributed by atoms with van der Waals surface area (Å²) in [5.41, 5.74) is 3.01. The van der Waals surface area contributed by atoms with Crippen molar-refractivity contribution in [1.82, 2.24) is 20.2 Å². The van der Waals surface area contributed by atoms with Crippen LogP contribution >= 0.6 is 11.3 Å². The predicted octanol–water partition coefficient (Wildman–Crippen LogP) is 6.31. The number of nitrogens with zero attached hydrogens (tertiary/aromatic N) is 3. The number of piperazine rings is 1. The zero-order chi connectivity index (χ0) is 27.3. The lowest BCUT2D eigenvalue weighted by Gasteiger charge is -2.27. The molecule has 0 aliphatic carbocycles. The Morgan fingerprint density at radius 2 is 1.85 bits per heavy atom. The number of nitrogens with one attached hydrogen (secondary N) is 2. The Balaban J connectivity index is 1.15. The summed E-state index contributed by atoms with van der Waals surface area (Å²) in [6.07, 6.45) is 2.84. The summed E-state index contributed by atoms with van der Waals surface area (Å²) in [4.78, 5) is 24.7. The molecule has 0 radical (unpaired) electrons. The Bertz CT molecular complexity index is 1620. The van der Waals surface area contributed by atoms with Crippen LogP contribution in [0.5, 0.6) is 17.2 Å². The van der Waals surface area contributed by atoms with Crippen LogP contribution in [0.25, 0.3) is 20.8 Å². The van der Waals surface area contributed by atoms with Crippen molar-refractivity contribution < 1.29 is 18.7 Å². The molecule has 4 heterocycles. The molecule has 0 atom stereocenters. The highest BCUT2D eigenvalue weighted by atomic mass is 32.1. The lowest BCUT2D eigenvalue weighted by Crippen LogP contribution is -2.42. The van der Waals surface area contributed by atoms with E-state index in [-0.39, 0.29) is 11.4 Å². The van der Waals surface area contributed by atoms with Crippen LogP contribution < -0.4 is 20.1 Å². The highest BCUT2D eigenvalue weighted by Gasteiger charge is 2.15. The molecule has 3 aromatic heterocycles. The zero-order valence-electron chi connectivity index (χ0n) is 21.5. The number of aromatic nitrogens is 2. The van der Waals surface area contributed by atoms with E-state index in [1.54, 1.807) is 42.6 Å². The lowest BCUT2D eigenvalue weighted by atomic mass is 10.2. The van der Waals surface area contributed by atoms with Crippen LogP contribution in [0.1, 0.15) is 5.56 Å². The molecule has 10 heteroatoms. The summed E-state index contributed by atoms with van der Waals surface area (Å²) >= 11 is 1.49. The van der Waals surface area contributed by atoms with Crippen molar-refractivity contribution in [2.45, 2.75) is 6.54 Å². The van der Waals surface area contributed by atoms with Crippen LogP contribution in [0.15, 0.2) is 85.2 Å². The number of hydrogen-bond donors (Lipinski definition) is 2. The molecule has 6 rings (SSSR count). The van der Waals surface area contributed by atoms with Gasteiger partial charge in [0.25, 0.3) is 0 Å². The van der Waals surface area contributed by atoms with E-state index < -0.39 is 11.9 Å². The largest absolute Gasteiger partial charge is 0.453 e. The van der Waals surface area contributed by atoms with Gasteiger partial charge in [-0.05, 0) is 42.0 Å². The van der Waals surface area contributed by atoms with Crippen LogP contribution in [0, 0.1) is 5.82 Å². The normalized spacial score (nSPS) is 13.7. The number of halogens is 1. The van der Waals surface area contributed by atoms with Gasteiger partial charge in [-0.3, -0.25) is 20.2 Å². The van der Waals surface area contributed by atoms with Crippen molar-refractivity contribution in [3.05, 3.63) is 96.6 Å². The van der Waals surface area contributed by atoms with Gasteiger partial charge in [-0.1, -0.05) is 24.3 Å². The highest BCUT2D eigenvalue weighted by molar-refractivity contribution is 7.22. The average molecular weight is 556 g/mol. The molecule has 0 saturated carbocycles.